The Bertz CT molecular complexity index is 652. The van der Waals surface area contributed by atoms with Gasteiger partial charge in [-0.25, -0.2) is 9.97 Å². The van der Waals surface area contributed by atoms with Crippen molar-refractivity contribution in [3.8, 4) is 11.8 Å². The molecule has 0 unspecified atom stereocenters. The number of aryl methyl sites for hydroxylation is 1. The zero-order valence-corrected chi connectivity index (χ0v) is 12.0. The van der Waals surface area contributed by atoms with E-state index in [1.54, 1.807) is 20.1 Å². The van der Waals surface area contributed by atoms with Crippen LogP contribution in [0, 0.1) is 18.3 Å². The first kappa shape index (κ1) is 13.3. The number of ether oxygens (including phenoxy) is 1. The minimum Gasteiger partial charge on any atom is -0.496 e. The Labute approximate surface area is 119 Å². The largest absolute Gasteiger partial charge is 0.496 e. The second-order valence-electron chi connectivity index (χ2n) is 3.77. The summed E-state index contributed by atoms with van der Waals surface area (Å²) in [6.45, 7) is 1.75. The molecule has 6 heteroatoms. The van der Waals surface area contributed by atoms with Crippen molar-refractivity contribution in [2.45, 2.75) is 6.92 Å². The van der Waals surface area contributed by atoms with Crippen LogP contribution in [0.2, 0.25) is 0 Å². The van der Waals surface area contributed by atoms with Crippen LogP contribution in [0.3, 0.4) is 0 Å². The number of benzene rings is 1. The normalized spacial score (nSPS) is 9.79. The number of nitriles is 1. The average molecular weight is 319 g/mol. The highest BCUT2D eigenvalue weighted by atomic mass is 79.9. The second kappa shape index (κ2) is 5.67. The van der Waals surface area contributed by atoms with Gasteiger partial charge in [-0.05, 0) is 41.1 Å². The number of nitrogens with one attached hydrogen (secondary N) is 1. The van der Waals surface area contributed by atoms with Crippen molar-refractivity contribution in [1.82, 2.24) is 9.97 Å². The Morgan fingerprint density at radius 2 is 2.11 bits per heavy atom. The second-order valence-corrected chi connectivity index (χ2v) is 4.63. The lowest BCUT2D eigenvalue weighted by atomic mass is 10.3. The molecular formula is C13H11BrN4O. The van der Waals surface area contributed by atoms with E-state index in [0.29, 0.717) is 17.3 Å². The van der Waals surface area contributed by atoms with E-state index in [4.69, 9.17) is 10.00 Å². The molecule has 19 heavy (non-hydrogen) atoms. The van der Waals surface area contributed by atoms with Crippen LogP contribution < -0.4 is 10.1 Å². The summed E-state index contributed by atoms with van der Waals surface area (Å²) in [5.74, 6) is 1.89. The first-order valence-electron chi connectivity index (χ1n) is 5.48. The van der Waals surface area contributed by atoms with Crippen molar-refractivity contribution < 1.29 is 4.74 Å². The topological polar surface area (TPSA) is 70.8 Å². The van der Waals surface area contributed by atoms with Gasteiger partial charge in [0, 0.05) is 11.8 Å². The van der Waals surface area contributed by atoms with Gasteiger partial charge >= 0.3 is 0 Å². The Hall–Kier alpha value is -2.13. The van der Waals surface area contributed by atoms with Gasteiger partial charge in [0.1, 0.15) is 29.2 Å². The fraction of sp³-hybridized carbons (Fsp3) is 0.154. The number of rotatable bonds is 3. The predicted molar refractivity (Wildman–Crippen MR) is 75.5 cm³/mol. The first-order chi connectivity index (χ1) is 9.12. The van der Waals surface area contributed by atoms with Gasteiger partial charge in [0.15, 0.2) is 0 Å². The predicted octanol–water partition coefficient (Wildman–Crippen LogP) is 3.17. The molecule has 0 aliphatic rings. The smallest absolute Gasteiger partial charge is 0.146 e. The molecule has 0 aliphatic carbocycles. The molecule has 0 saturated carbocycles. The average Bonchev–Trinajstić information content (AvgIpc) is 2.38. The van der Waals surface area contributed by atoms with E-state index in [2.05, 4.69) is 31.2 Å². The van der Waals surface area contributed by atoms with Crippen molar-refractivity contribution in [2.75, 3.05) is 12.4 Å². The van der Waals surface area contributed by atoms with E-state index in [0.717, 1.165) is 15.9 Å². The van der Waals surface area contributed by atoms with E-state index in [9.17, 15) is 0 Å². The standard InChI is InChI=1S/C13H11BrN4O/c1-8-16-10(7-15)6-13(17-8)18-9-3-4-12(19-2)11(14)5-9/h3-6H,1-2H3,(H,16,17,18). The number of halogens is 1. The van der Waals surface area contributed by atoms with Crippen LogP contribution in [0.15, 0.2) is 28.7 Å². The number of nitrogens with zero attached hydrogens (tertiary/aromatic N) is 3. The number of methoxy groups -OCH3 is 1. The summed E-state index contributed by atoms with van der Waals surface area (Å²) in [4.78, 5) is 8.23. The highest BCUT2D eigenvalue weighted by Gasteiger charge is 2.04. The Morgan fingerprint density at radius 1 is 1.32 bits per heavy atom. The fourth-order valence-electron chi connectivity index (χ4n) is 1.58. The molecule has 2 aromatic rings. The lowest BCUT2D eigenvalue weighted by molar-refractivity contribution is 0.412. The maximum absolute atomic E-state index is 8.87. The molecule has 0 bridgehead atoms. The van der Waals surface area contributed by atoms with Crippen LogP contribution in [0.25, 0.3) is 0 Å². The molecule has 0 atom stereocenters. The van der Waals surface area contributed by atoms with Crippen molar-refractivity contribution in [3.63, 3.8) is 0 Å². The van der Waals surface area contributed by atoms with Crippen LogP contribution in [0.5, 0.6) is 5.75 Å². The van der Waals surface area contributed by atoms with Crippen LogP contribution in [-0.4, -0.2) is 17.1 Å². The zero-order chi connectivity index (χ0) is 13.8. The Kier molecular flexibility index (Phi) is 3.97. The molecule has 0 fully saturated rings. The molecule has 0 aliphatic heterocycles. The van der Waals surface area contributed by atoms with Crippen molar-refractivity contribution in [2.24, 2.45) is 0 Å². The van der Waals surface area contributed by atoms with Gasteiger partial charge in [-0.1, -0.05) is 0 Å². The summed E-state index contributed by atoms with van der Waals surface area (Å²) < 4.78 is 6.00. The lowest BCUT2D eigenvalue weighted by Crippen LogP contribution is -1.99. The number of hydrogen-bond donors (Lipinski definition) is 1. The molecule has 0 spiro atoms. The van der Waals surface area contributed by atoms with E-state index >= 15 is 0 Å². The summed E-state index contributed by atoms with van der Waals surface area (Å²) in [7, 11) is 1.61. The summed E-state index contributed by atoms with van der Waals surface area (Å²) in [5.41, 5.74) is 1.18. The molecule has 5 nitrogen and oxygen atoms in total. The van der Waals surface area contributed by atoms with Crippen LogP contribution in [0.4, 0.5) is 11.5 Å². The Balaban J connectivity index is 2.29. The van der Waals surface area contributed by atoms with Crippen LogP contribution in [-0.2, 0) is 0 Å². The molecule has 0 amide bonds. The molecular weight excluding hydrogens is 308 g/mol. The minimum atomic E-state index is 0.336. The van der Waals surface area contributed by atoms with E-state index in [1.807, 2.05) is 24.3 Å². The number of anilines is 2. The first-order valence-corrected chi connectivity index (χ1v) is 6.28. The molecule has 1 N–H and O–H groups in total. The zero-order valence-electron chi connectivity index (χ0n) is 10.4. The van der Waals surface area contributed by atoms with Crippen molar-refractivity contribution >= 4 is 27.4 Å². The van der Waals surface area contributed by atoms with Crippen LogP contribution in [0.1, 0.15) is 11.5 Å². The monoisotopic (exact) mass is 318 g/mol. The molecule has 0 radical (unpaired) electrons. The number of aromatic nitrogens is 2. The molecule has 1 heterocycles. The SMILES string of the molecule is COc1ccc(Nc2cc(C#N)nc(C)n2)cc1Br. The third kappa shape index (κ3) is 3.20. The number of hydrogen-bond acceptors (Lipinski definition) is 5. The quantitative estimate of drug-likeness (QED) is 0.941. The molecule has 96 valence electrons. The lowest BCUT2D eigenvalue weighted by Gasteiger charge is -2.09. The third-order valence-corrected chi connectivity index (χ3v) is 3.00. The van der Waals surface area contributed by atoms with Crippen LogP contribution >= 0.6 is 15.9 Å². The summed E-state index contributed by atoms with van der Waals surface area (Å²) in [6, 6.07) is 9.19. The summed E-state index contributed by atoms with van der Waals surface area (Å²) in [6.07, 6.45) is 0. The fourth-order valence-corrected chi connectivity index (χ4v) is 2.12. The highest BCUT2D eigenvalue weighted by Crippen LogP contribution is 2.28. The van der Waals surface area contributed by atoms with Crippen molar-refractivity contribution in [3.05, 3.63) is 40.3 Å². The van der Waals surface area contributed by atoms with Crippen molar-refractivity contribution in [1.29, 1.82) is 5.26 Å². The highest BCUT2D eigenvalue weighted by molar-refractivity contribution is 9.10. The van der Waals surface area contributed by atoms with Gasteiger partial charge in [0.2, 0.25) is 0 Å². The minimum absolute atomic E-state index is 0.336. The van der Waals surface area contributed by atoms with Gasteiger partial charge in [0.25, 0.3) is 0 Å². The summed E-state index contributed by atoms with van der Waals surface area (Å²) >= 11 is 3.41. The third-order valence-electron chi connectivity index (χ3n) is 2.38. The molecule has 1 aromatic carbocycles. The summed E-state index contributed by atoms with van der Waals surface area (Å²) in [5, 5.41) is 12.0. The molecule has 2 rings (SSSR count). The Morgan fingerprint density at radius 3 is 2.74 bits per heavy atom. The maximum atomic E-state index is 8.87. The van der Waals surface area contributed by atoms with E-state index < -0.39 is 0 Å². The maximum Gasteiger partial charge on any atom is 0.146 e. The van der Waals surface area contributed by atoms with E-state index in [1.165, 1.54) is 0 Å². The van der Waals surface area contributed by atoms with Gasteiger partial charge in [-0.15, -0.1) is 0 Å². The molecule has 1 aromatic heterocycles. The van der Waals surface area contributed by atoms with E-state index in [-0.39, 0.29) is 0 Å². The van der Waals surface area contributed by atoms with Gasteiger partial charge in [-0.3, -0.25) is 0 Å². The molecule has 0 saturated heterocycles. The van der Waals surface area contributed by atoms with Gasteiger partial charge < -0.3 is 10.1 Å². The van der Waals surface area contributed by atoms with Gasteiger partial charge in [-0.2, -0.15) is 5.26 Å². The van der Waals surface area contributed by atoms with Gasteiger partial charge in [0.05, 0.1) is 11.6 Å².